The van der Waals surface area contributed by atoms with Gasteiger partial charge < -0.3 is 14.0 Å². The standard InChI is InChI=1S/C12H24O4Si/c1-5-12(14)11(4)16-17(7-3,15-6-2)10-8-9-13/h5,11,13H,1,6-10H2,2-4H3. The molecule has 0 saturated heterocycles. The van der Waals surface area contributed by atoms with Gasteiger partial charge in [-0.25, -0.2) is 0 Å². The molecule has 17 heavy (non-hydrogen) atoms. The van der Waals surface area contributed by atoms with Crippen molar-refractivity contribution in [1.82, 2.24) is 0 Å². The van der Waals surface area contributed by atoms with Gasteiger partial charge in [-0.3, -0.25) is 4.79 Å². The molecule has 0 aliphatic rings. The lowest BCUT2D eigenvalue weighted by Gasteiger charge is -2.31. The van der Waals surface area contributed by atoms with E-state index in [1.54, 1.807) is 6.92 Å². The highest BCUT2D eigenvalue weighted by Gasteiger charge is 2.37. The Labute approximate surface area is 105 Å². The van der Waals surface area contributed by atoms with Crippen molar-refractivity contribution in [3.8, 4) is 0 Å². The quantitative estimate of drug-likeness (QED) is 0.482. The molecule has 0 aliphatic heterocycles. The normalized spacial score (nSPS) is 16.2. The summed E-state index contributed by atoms with van der Waals surface area (Å²) in [6, 6.07) is 1.48. The summed E-state index contributed by atoms with van der Waals surface area (Å²) in [7, 11) is -2.36. The van der Waals surface area contributed by atoms with Crippen LogP contribution in [0.25, 0.3) is 0 Å². The molecule has 0 radical (unpaired) electrons. The average Bonchev–Trinajstić information content (AvgIpc) is 2.35. The summed E-state index contributed by atoms with van der Waals surface area (Å²) >= 11 is 0. The molecule has 0 heterocycles. The van der Waals surface area contributed by atoms with Crippen molar-refractivity contribution in [2.45, 2.75) is 45.4 Å². The Bertz CT molecular complexity index is 245. The maximum absolute atomic E-state index is 11.5. The lowest BCUT2D eigenvalue weighted by Crippen LogP contribution is -2.45. The minimum atomic E-state index is -2.36. The van der Waals surface area contributed by atoms with Crippen molar-refractivity contribution in [1.29, 1.82) is 0 Å². The predicted octanol–water partition coefficient (Wildman–Crippen LogP) is 2.03. The zero-order chi connectivity index (χ0) is 13.3. The van der Waals surface area contributed by atoms with E-state index in [0.29, 0.717) is 19.1 Å². The fraction of sp³-hybridized carbons (Fsp3) is 0.750. The Morgan fingerprint density at radius 1 is 1.53 bits per heavy atom. The number of ketones is 1. The van der Waals surface area contributed by atoms with Crippen molar-refractivity contribution in [2.75, 3.05) is 13.2 Å². The van der Waals surface area contributed by atoms with E-state index in [2.05, 4.69) is 6.58 Å². The lowest BCUT2D eigenvalue weighted by atomic mass is 10.3. The second-order valence-electron chi connectivity index (χ2n) is 3.89. The van der Waals surface area contributed by atoms with Crippen LogP contribution in [0.15, 0.2) is 12.7 Å². The first-order valence-corrected chi connectivity index (χ1v) is 8.37. The zero-order valence-electron chi connectivity index (χ0n) is 11.1. The third-order valence-electron chi connectivity index (χ3n) is 2.66. The molecule has 0 aromatic carbocycles. The molecule has 5 heteroatoms. The lowest BCUT2D eigenvalue weighted by molar-refractivity contribution is -0.121. The number of hydrogen-bond donors (Lipinski definition) is 1. The van der Waals surface area contributed by atoms with E-state index >= 15 is 0 Å². The molecule has 0 rings (SSSR count). The Hall–Kier alpha value is -0.493. The monoisotopic (exact) mass is 260 g/mol. The molecule has 100 valence electrons. The molecule has 0 aromatic heterocycles. The van der Waals surface area contributed by atoms with Gasteiger partial charge in [0, 0.05) is 13.2 Å². The Balaban J connectivity index is 4.64. The van der Waals surface area contributed by atoms with E-state index in [-0.39, 0.29) is 12.4 Å². The third-order valence-corrected chi connectivity index (χ3v) is 6.45. The van der Waals surface area contributed by atoms with Gasteiger partial charge in [0.2, 0.25) is 0 Å². The minimum absolute atomic E-state index is 0.120. The summed E-state index contributed by atoms with van der Waals surface area (Å²) in [6.45, 7) is 9.78. The Morgan fingerprint density at radius 2 is 2.18 bits per heavy atom. The molecule has 0 saturated carbocycles. The van der Waals surface area contributed by atoms with Crippen LogP contribution >= 0.6 is 0 Å². The summed E-state index contributed by atoms with van der Waals surface area (Å²) in [5.74, 6) is -0.126. The predicted molar refractivity (Wildman–Crippen MR) is 70.1 cm³/mol. The highest BCUT2D eigenvalue weighted by Crippen LogP contribution is 2.23. The van der Waals surface area contributed by atoms with Crippen molar-refractivity contribution in [2.24, 2.45) is 0 Å². The average molecular weight is 260 g/mol. The molecule has 0 bridgehead atoms. The number of rotatable bonds is 10. The number of aliphatic hydroxyl groups excluding tert-OH is 1. The van der Waals surface area contributed by atoms with Crippen molar-refractivity contribution in [3.63, 3.8) is 0 Å². The van der Waals surface area contributed by atoms with Crippen LogP contribution in [0.4, 0.5) is 0 Å². The second kappa shape index (κ2) is 8.58. The van der Waals surface area contributed by atoms with Crippen molar-refractivity contribution in [3.05, 3.63) is 12.7 Å². The summed E-state index contributed by atoms with van der Waals surface area (Å²) in [5, 5.41) is 8.91. The minimum Gasteiger partial charge on any atom is -0.396 e. The maximum Gasteiger partial charge on any atom is 0.338 e. The van der Waals surface area contributed by atoms with E-state index in [4.69, 9.17) is 14.0 Å². The Morgan fingerprint density at radius 3 is 2.59 bits per heavy atom. The van der Waals surface area contributed by atoms with Crippen LogP contribution in [-0.4, -0.2) is 38.8 Å². The van der Waals surface area contributed by atoms with Gasteiger partial charge in [0.15, 0.2) is 5.78 Å². The van der Waals surface area contributed by atoms with Gasteiger partial charge in [0.25, 0.3) is 0 Å². The maximum atomic E-state index is 11.5. The van der Waals surface area contributed by atoms with Crippen LogP contribution in [0.2, 0.25) is 12.1 Å². The first-order chi connectivity index (χ1) is 8.05. The van der Waals surface area contributed by atoms with Gasteiger partial charge in [-0.2, -0.15) is 0 Å². The van der Waals surface area contributed by atoms with E-state index < -0.39 is 14.7 Å². The summed E-state index contributed by atoms with van der Waals surface area (Å²) < 4.78 is 11.6. The number of carbonyl (C=O) groups excluding carboxylic acids is 1. The number of carbonyl (C=O) groups is 1. The number of aliphatic hydroxyl groups is 1. The van der Waals surface area contributed by atoms with Crippen molar-refractivity contribution < 1.29 is 18.8 Å². The zero-order valence-corrected chi connectivity index (χ0v) is 12.1. The smallest absolute Gasteiger partial charge is 0.338 e. The molecule has 0 aromatic rings. The topological polar surface area (TPSA) is 55.8 Å². The highest BCUT2D eigenvalue weighted by molar-refractivity contribution is 6.67. The van der Waals surface area contributed by atoms with Gasteiger partial charge in [0.1, 0.15) is 6.10 Å². The Kier molecular flexibility index (Phi) is 8.33. The van der Waals surface area contributed by atoms with E-state index in [0.717, 1.165) is 6.04 Å². The molecule has 2 unspecified atom stereocenters. The molecule has 0 aliphatic carbocycles. The van der Waals surface area contributed by atoms with E-state index in [1.165, 1.54) is 6.08 Å². The highest BCUT2D eigenvalue weighted by atomic mass is 28.4. The summed E-state index contributed by atoms with van der Waals surface area (Å²) in [6.07, 6.45) is 1.41. The van der Waals surface area contributed by atoms with Crippen LogP contribution in [0.1, 0.15) is 27.2 Å². The molecular formula is C12H24O4Si. The van der Waals surface area contributed by atoms with E-state index in [1.807, 2.05) is 13.8 Å². The molecular weight excluding hydrogens is 236 g/mol. The fourth-order valence-corrected chi connectivity index (χ4v) is 4.72. The van der Waals surface area contributed by atoms with Gasteiger partial charge in [-0.05, 0) is 38.4 Å². The number of hydrogen-bond acceptors (Lipinski definition) is 4. The SMILES string of the molecule is C=CC(=O)C(C)O[Si](CC)(CCCO)OCC. The fourth-order valence-electron chi connectivity index (χ4n) is 1.68. The summed E-state index contributed by atoms with van der Waals surface area (Å²) in [5.41, 5.74) is 0. The van der Waals surface area contributed by atoms with Crippen LogP contribution < -0.4 is 0 Å². The molecule has 1 N–H and O–H groups in total. The van der Waals surface area contributed by atoms with Gasteiger partial charge >= 0.3 is 8.56 Å². The van der Waals surface area contributed by atoms with Gasteiger partial charge in [-0.1, -0.05) is 13.5 Å². The summed E-state index contributed by atoms with van der Waals surface area (Å²) in [4.78, 5) is 11.5. The van der Waals surface area contributed by atoms with Crippen LogP contribution in [0.3, 0.4) is 0 Å². The first kappa shape index (κ1) is 16.5. The molecule has 0 spiro atoms. The van der Waals surface area contributed by atoms with Crippen LogP contribution in [0.5, 0.6) is 0 Å². The largest absolute Gasteiger partial charge is 0.396 e. The second-order valence-corrected chi connectivity index (χ2v) is 7.44. The molecule has 0 amide bonds. The molecule has 0 fully saturated rings. The van der Waals surface area contributed by atoms with Gasteiger partial charge in [-0.15, -0.1) is 0 Å². The first-order valence-electron chi connectivity index (χ1n) is 6.14. The molecule has 2 atom stereocenters. The van der Waals surface area contributed by atoms with Crippen LogP contribution in [0, 0.1) is 0 Å². The third kappa shape index (κ3) is 5.58. The van der Waals surface area contributed by atoms with E-state index in [9.17, 15) is 4.79 Å². The van der Waals surface area contributed by atoms with Gasteiger partial charge in [0.05, 0.1) is 0 Å². The van der Waals surface area contributed by atoms with Crippen molar-refractivity contribution >= 4 is 14.3 Å². The van der Waals surface area contributed by atoms with Crippen LogP contribution in [-0.2, 0) is 13.6 Å². The molecule has 4 nitrogen and oxygen atoms in total.